The minimum Gasteiger partial charge on any atom is -0.455 e. The predicted molar refractivity (Wildman–Crippen MR) is 127 cm³/mol. The summed E-state index contributed by atoms with van der Waals surface area (Å²) in [4.78, 5) is -0.414. The fourth-order valence-corrected chi connectivity index (χ4v) is 5.89. The van der Waals surface area contributed by atoms with Gasteiger partial charge < -0.3 is 4.42 Å². The molecule has 0 atom stereocenters. The van der Waals surface area contributed by atoms with Gasteiger partial charge in [0.25, 0.3) is 0 Å². The highest BCUT2D eigenvalue weighted by Crippen LogP contribution is 2.41. The van der Waals surface area contributed by atoms with Crippen molar-refractivity contribution < 1.29 is 21.3 Å². The second kappa shape index (κ2) is 7.53. The standard InChI is InChI=1S/C24H18N2O5S2/c25-32(27,28)22-14-4-2-8-16(22)19-11-6-12-20(24(19)33(26,29)30)18-10-5-9-17-15-7-1-3-13-21(15)31-23(17)18/h1-14H,(H2,25,27,28)(H2,26,29,30). The molecule has 0 amide bonds. The summed E-state index contributed by atoms with van der Waals surface area (Å²) >= 11 is 0. The molecule has 0 saturated carbocycles. The van der Waals surface area contributed by atoms with E-state index in [0.29, 0.717) is 22.3 Å². The number of furan rings is 1. The number of benzene rings is 4. The summed E-state index contributed by atoms with van der Waals surface area (Å²) in [5.41, 5.74) is 2.25. The highest BCUT2D eigenvalue weighted by molar-refractivity contribution is 7.89. The van der Waals surface area contributed by atoms with Crippen LogP contribution in [-0.2, 0) is 20.0 Å². The molecule has 5 aromatic rings. The van der Waals surface area contributed by atoms with E-state index in [0.717, 1.165) is 10.8 Å². The van der Waals surface area contributed by atoms with E-state index in [1.807, 2.05) is 30.3 Å². The Kier molecular flexibility index (Phi) is 4.87. The largest absolute Gasteiger partial charge is 0.455 e. The SMILES string of the molecule is NS(=O)(=O)c1ccccc1-c1cccc(-c2cccc3c2oc2ccccc23)c1S(N)(=O)=O. The van der Waals surface area contributed by atoms with Gasteiger partial charge in [0.2, 0.25) is 20.0 Å². The zero-order valence-electron chi connectivity index (χ0n) is 17.1. The summed E-state index contributed by atoms with van der Waals surface area (Å²) in [6.45, 7) is 0. The Bertz CT molecular complexity index is 1770. The van der Waals surface area contributed by atoms with Crippen molar-refractivity contribution in [3.8, 4) is 22.3 Å². The van der Waals surface area contributed by atoms with Crippen molar-refractivity contribution in [1.82, 2.24) is 0 Å². The molecular weight excluding hydrogens is 460 g/mol. The minimum atomic E-state index is -4.30. The van der Waals surface area contributed by atoms with Crippen molar-refractivity contribution in [3.05, 3.63) is 84.9 Å². The first-order valence-electron chi connectivity index (χ1n) is 9.85. The molecule has 0 aliphatic carbocycles. The Morgan fingerprint density at radius 2 is 1.09 bits per heavy atom. The maximum Gasteiger partial charge on any atom is 0.239 e. The van der Waals surface area contributed by atoms with E-state index in [2.05, 4.69) is 0 Å². The lowest BCUT2D eigenvalue weighted by atomic mass is 9.97. The van der Waals surface area contributed by atoms with Crippen molar-refractivity contribution in [3.63, 3.8) is 0 Å². The Balaban J connectivity index is 1.90. The summed E-state index contributed by atoms with van der Waals surface area (Å²) in [7, 11) is -8.43. The first kappa shape index (κ1) is 21.4. The molecule has 0 fully saturated rings. The van der Waals surface area contributed by atoms with Crippen LogP contribution in [0.25, 0.3) is 44.2 Å². The van der Waals surface area contributed by atoms with Crippen LogP contribution in [0.15, 0.2) is 99.1 Å². The summed E-state index contributed by atoms with van der Waals surface area (Å²) < 4.78 is 56.2. The molecule has 5 rings (SSSR count). The Labute approximate surface area is 190 Å². The lowest BCUT2D eigenvalue weighted by molar-refractivity contribution is 0.595. The van der Waals surface area contributed by atoms with E-state index in [9.17, 15) is 16.8 Å². The normalized spacial score (nSPS) is 12.4. The highest BCUT2D eigenvalue weighted by Gasteiger charge is 2.26. The first-order chi connectivity index (χ1) is 15.7. The van der Waals surface area contributed by atoms with Crippen molar-refractivity contribution in [2.45, 2.75) is 9.79 Å². The molecule has 1 aromatic heterocycles. The number of para-hydroxylation sites is 2. The van der Waals surface area contributed by atoms with Crippen molar-refractivity contribution >= 4 is 42.0 Å². The van der Waals surface area contributed by atoms with Gasteiger partial charge in [-0.1, -0.05) is 72.8 Å². The van der Waals surface area contributed by atoms with Crippen molar-refractivity contribution in [2.75, 3.05) is 0 Å². The summed E-state index contributed by atoms with van der Waals surface area (Å²) in [5.74, 6) is 0. The summed E-state index contributed by atoms with van der Waals surface area (Å²) in [5, 5.41) is 12.8. The molecule has 4 N–H and O–H groups in total. The van der Waals surface area contributed by atoms with E-state index in [1.54, 1.807) is 30.3 Å². The maximum absolute atomic E-state index is 12.9. The lowest BCUT2D eigenvalue weighted by Crippen LogP contribution is -2.17. The number of hydrogen-bond acceptors (Lipinski definition) is 5. The van der Waals surface area contributed by atoms with Crippen LogP contribution in [0.1, 0.15) is 0 Å². The fourth-order valence-electron chi connectivity index (χ4n) is 4.16. The Morgan fingerprint density at radius 1 is 0.545 bits per heavy atom. The molecule has 0 aliphatic heterocycles. The van der Waals surface area contributed by atoms with Gasteiger partial charge in [-0.05, 0) is 12.1 Å². The van der Waals surface area contributed by atoms with Crippen LogP contribution in [-0.4, -0.2) is 16.8 Å². The van der Waals surface area contributed by atoms with Crippen LogP contribution in [0.3, 0.4) is 0 Å². The van der Waals surface area contributed by atoms with Crippen molar-refractivity contribution in [2.24, 2.45) is 10.3 Å². The molecule has 33 heavy (non-hydrogen) atoms. The van der Waals surface area contributed by atoms with Crippen LogP contribution < -0.4 is 10.3 Å². The van der Waals surface area contributed by atoms with Gasteiger partial charge in [0.05, 0.1) is 9.79 Å². The molecule has 0 aliphatic rings. The third-order valence-electron chi connectivity index (χ3n) is 5.48. The molecule has 0 spiro atoms. The topological polar surface area (TPSA) is 133 Å². The van der Waals surface area contributed by atoms with Gasteiger partial charge in [-0.15, -0.1) is 0 Å². The molecule has 7 nitrogen and oxygen atoms in total. The van der Waals surface area contributed by atoms with Gasteiger partial charge in [0.1, 0.15) is 11.2 Å². The molecular formula is C24H18N2O5S2. The average Bonchev–Trinajstić information content (AvgIpc) is 3.16. The molecule has 166 valence electrons. The number of primary sulfonamides is 2. The van der Waals surface area contributed by atoms with Gasteiger partial charge in [-0.25, -0.2) is 27.1 Å². The smallest absolute Gasteiger partial charge is 0.239 e. The second-order valence-corrected chi connectivity index (χ2v) is 10.6. The average molecular weight is 479 g/mol. The van der Waals surface area contributed by atoms with Crippen LogP contribution >= 0.6 is 0 Å². The number of sulfonamides is 2. The Hall–Kier alpha value is -3.50. The maximum atomic E-state index is 12.9. The number of nitrogens with two attached hydrogens (primary N) is 2. The van der Waals surface area contributed by atoms with E-state index in [4.69, 9.17) is 14.7 Å². The van der Waals surface area contributed by atoms with Gasteiger partial charge in [-0.2, -0.15) is 0 Å². The summed E-state index contributed by atoms with van der Waals surface area (Å²) in [6.07, 6.45) is 0. The summed E-state index contributed by atoms with van der Waals surface area (Å²) in [6, 6.07) is 23.6. The molecule has 0 saturated heterocycles. The van der Waals surface area contributed by atoms with Crippen LogP contribution in [0.4, 0.5) is 0 Å². The molecule has 0 radical (unpaired) electrons. The fraction of sp³-hybridized carbons (Fsp3) is 0. The third kappa shape index (κ3) is 3.61. The minimum absolute atomic E-state index is 0.132. The second-order valence-electron chi connectivity index (χ2n) is 7.55. The molecule has 0 unspecified atom stereocenters. The number of fused-ring (bicyclic) bond motifs is 3. The molecule has 1 heterocycles. The zero-order chi connectivity index (χ0) is 23.4. The lowest BCUT2D eigenvalue weighted by Gasteiger charge is -2.16. The van der Waals surface area contributed by atoms with E-state index < -0.39 is 20.0 Å². The van der Waals surface area contributed by atoms with Gasteiger partial charge in [0.15, 0.2) is 0 Å². The third-order valence-corrected chi connectivity index (χ3v) is 7.46. The molecule has 9 heteroatoms. The van der Waals surface area contributed by atoms with Crippen LogP contribution in [0, 0.1) is 0 Å². The van der Waals surface area contributed by atoms with E-state index in [1.165, 1.54) is 24.3 Å². The van der Waals surface area contributed by atoms with Gasteiger partial charge >= 0.3 is 0 Å². The monoisotopic (exact) mass is 478 g/mol. The number of rotatable bonds is 4. The van der Waals surface area contributed by atoms with E-state index in [-0.39, 0.29) is 20.9 Å². The molecule has 0 bridgehead atoms. The molecule has 4 aromatic carbocycles. The van der Waals surface area contributed by atoms with E-state index >= 15 is 0 Å². The number of hydrogen-bond donors (Lipinski definition) is 2. The first-order valence-corrected chi connectivity index (χ1v) is 12.9. The van der Waals surface area contributed by atoms with Crippen molar-refractivity contribution in [1.29, 1.82) is 0 Å². The predicted octanol–water partition coefficient (Wildman–Crippen LogP) is 4.21. The van der Waals surface area contributed by atoms with Crippen LogP contribution in [0.5, 0.6) is 0 Å². The quantitative estimate of drug-likeness (QED) is 0.399. The van der Waals surface area contributed by atoms with Gasteiger partial charge in [0, 0.05) is 33.0 Å². The Morgan fingerprint density at radius 3 is 1.82 bits per heavy atom. The van der Waals surface area contributed by atoms with Crippen LogP contribution in [0.2, 0.25) is 0 Å². The highest BCUT2D eigenvalue weighted by atomic mass is 32.2. The van der Waals surface area contributed by atoms with Gasteiger partial charge in [-0.3, -0.25) is 0 Å². The zero-order valence-corrected chi connectivity index (χ0v) is 18.7.